The molecule has 2 N–H and O–H groups in total. The van der Waals surface area contributed by atoms with Gasteiger partial charge in [0.05, 0.1) is 20.3 Å². The maximum absolute atomic E-state index is 10.0. The Morgan fingerprint density at radius 1 is 1.14 bits per heavy atom. The Hall–Kier alpha value is -2.14. The van der Waals surface area contributed by atoms with Gasteiger partial charge in [0.1, 0.15) is 0 Å². The first kappa shape index (κ1) is 13.5. The summed E-state index contributed by atoms with van der Waals surface area (Å²) in [4.78, 5) is 5.88. The number of nitrogens with zero attached hydrogens (tertiary/aromatic N) is 1. The molecule has 2 aliphatic heterocycles. The number of phenols is 1. The highest BCUT2D eigenvalue weighted by Gasteiger charge is 2.34. The molecule has 0 fully saturated rings. The van der Waals surface area contributed by atoms with Gasteiger partial charge in [-0.3, -0.25) is 4.90 Å². The topological polar surface area (TPSA) is 57.7 Å². The summed E-state index contributed by atoms with van der Waals surface area (Å²) in [6, 6.07) is 6.24. The summed E-state index contributed by atoms with van der Waals surface area (Å²) in [5, 5.41) is 10.0. The smallest absolute Gasteiger partial charge is 0.190 e. The van der Waals surface area contributed by atoms with Crippen LogP contribution < -0.4 is 9.47 Å². The Morgan fingerprint density at radius 2 is 2.00 bits per heavy atom. The summed E-state index contributed by atoms with van der Waals surface area (Å²) < 4.78 is 10.6. The van der Waals surface area contributed by atoms with Crippen LogP contribution in [-0.2, 0) is 19.4 Å². The molecule has 1 aromatic carbocycles. The second kappa shape index (κ2) is 4.95. The number of hydrogen-bond donors (Lipinski definition) is 2. The van der Waals surface area contributed by atoms with Crippen molar-refractivity contribution in [3.63, 3.8) is 0 Å². The van der Waals surface area contributed by atoms with Gasteiger partial charge in [-0.15, -0.1) is 0 Å². The number of rotatable bonds is 2. The Balaban J connectivity index is 1.73. The van der Waals surface area contributed by atoms with Crippen molar-refractivity contribution < 1.29 is 14.6 Å². The number of hydrogen-bond acceptors (Lipinski definition) is 4. The highest BCUT2D eigenvalue weighted by atomic mass is 16.5. The quantitative estimate of drug-likeness (QED) is 0.894. The van der Waals surface area contributed by atoms with Crippen molar-refractivity contribution >= 4 is 0 Å². The third-order valence-corrected chi connectivity index (χ3v) is 4.86. The lowest BCUT2D eigenvalue weighted by Gasteiger charge is -2.40. The van der Waals surface area contributed by atoms with Crippen LogP contribution in [0.5, 0.6) is 17.4 Å². The standard InChI is InChI=1S/C17H20N2O3/c1-21-15-7-12-9-19-4-3-10-8-16(22-2)18-17(10)13(19)5-11(12)6-14(15)20/h6-8,13,18,20H,3-5,9H2,1-2H3/t13-/m0/s1. The number of aromatic nitrogens is 1. The molecule has 5 nitrogen and oxygen atoms in total. The molecule has 0 aliphatic carbocycles. The number of aromatic amines is 1. The molecule has 2 aromatic rings. The van der Waals surface area contributed by atoms with Crippen molar-refractivity contribution in [3.05, 3.63) is 40.6 Å². The Labute approximate surface area is 129 Å². The maximum atomic E-state index is 10.0. The minimum Gasteiger partial charge on any atom is -0.504 e. The van der Waals surface area contributed by atoms with Gasteiger partial charge in [0, 0.05) is 24.8 Å². The molecule has 0 bridgehead atoms. The highest BCUT2D eigenvalue weighted by molar-refractivity contribution is 5.48. The lowest BCUT2D eigenvalue weighted by Crippen LogP contribution is -2.39. The molecule has 3 heterocycles. The first-order valence-electron chi connectivity index (χ1n) is 7.58. The average molecular weight is 300 g/mol. The van der Waals surface area contributed by atoms with Crippen LogP contribution in [0, 0.1) is 0 Å². The third kappa shape index (κ3) is 1.96. The lowest BCUT2D eigenvalue weighted by atomic mass is 9.87. The number of phenolic OH excluding ortho intramolecular Hbond substituents is 1. The summed E-state index contributed by atoms with van der Waals surface area (Å²) in [5.74, 6) is 1.60. The van der Waals surface area contributed by atoms with Crippen molar-refractivity contribution in [1.29, 1.82) is 0 Å². The van der Waals surface area contributed by atoms with Crippen LogP contribution in [0.4, 0.5) is 0 Å². The predicted octanol–water partition coefficient (Wildman–Crippen LogP) is 2.39. The molecule has 1 atom stereocenters. The van der Waals surface area contributed by atoms with Gasteiger partial charge in [-0.05, 0) is 41.7 Å². The van der Waals surface area contributed by atoms with E-state index >= 15 is 0 Å². The second-order valence-electron chi connectivity index (χ2n) is 6.01. The van der Waals surface area contributed by atoms with Crippen LogP contribution in [0.15, 0.2) is 18.2 Å². The van der Waals surface area contributed by atoms with Gasteiger partial charge in [0.15, 0.2) is 17.4 Å². The van der Waals surface area contributed by atoms with Gasteiger partial charge in [-0.2, -0.15) is 0 Å². The van der Waals surface area contributed by atoms with Crippen LogP contribution in [0.2, 0.25) is 0 Å². The first-order chi connectivity index (χ1) is 10.7. The van der Waals surface area contributed by atoms with Crippen LogP contribution >= 0.6 is 0 Å². The van der Waals surface area contributed by atoms with E-state index in [9.17, 15) is 5.11 Å². The largest absolute Gasteiger partial charge is 0.504 e. The number of benzene rings is 1. The minimum atomic E-state index is 0.217. The van der Waals surface area contributed by atoms with E-state index in [1.165, 1.54) is 22.4 Å². The SMILES string of the molecule is COc1cc2c([nH]1)[C@@H]1Cc3cc(O)c(OC)cc3CN1CC2. The highest BCUT2D eigenvalue weighted by Crippen LogP contribution is 2.41. The normalized spacial score (nSPS) is 20.0. The van der Waals surface area contributed by atoms with E-state index in [-0.39, 0.29) is 5.75 Å². The molecule has 5 heteroatoms. The van der Waals surface area contributed by atoms with Crippen molar-refractivity contribution in [3.8, 4) is 17.4 Å². The molecule has 116 valence electrons. The summed E-state index contributed by atoms with van der Waals surface area (Å²) in [6.45, 7) is 1.93. The van der Waals surface area contributed by atoms with E-state index < -0.39 is 0 Å². The molecule has 4 rings (SSSR count). The third-order valence-electron chi connectivity index (χ3n) is 4.86. The van der Waals surface area contributed by atoms with E-state index in [0.717, 1.165) is 31.8 Å². The maximum Gasteiger partial charge on any atom is 0.190 e. The van der Waals surface area contributed by atoms with Crippen LogP contribution in [0.3, 0.4) is 0 Å². The number of ether oxygens (including phenoxy) is 2. The monoisotopic (exact) mass is 300 g/mol. The first-order valence-corrected chi connectivity index (χ1v) is 7.58. The molecule has 1 aromatic heterocycles. The minimum absolute atomic E-state index is 0.217. The number of methoxy groups -OCH3 is 2. The molecular weight excluding hydrogens is 280 g/mol. The number of aromatic hydroxyl groups is 1. The zero-order valence-corrected chi connectivity index (χ0v) is 12.8. The fourth-order valence-corrected chi connectivity index (χ4v) is 3.70. The molecule has 0 amide bonds. The zero-order valence-electron chi connectivity index (χ0n) is 12.8. The van der Waals surface area contributed by atoms with E-state index in [1.807, 2.05) is 12.1 Å². The molecule has 0 spiro atoms. The Morgan fingerprint density at radius 3 is 2.77 bits per heavy atom. The van der Waals surface area contributed by atoms with E-state index in [4.69, 9.17) is 9.47 Å². The zero-order chi connectivity index (χ0) is 15.3. The number of nitrogens with one attached hydrogen (secondary N) is 1. The molecule has 22 heavy (non-hydrogen) atoms. The fourth-order valence-electron chi connectivity index (χ4n) is 3.70. The molecule has 0 unspecified atom stereocenters. The van der Waals surface area contributed by atoms with Crippen LogP contribution in [-0.4, -0.2) is 35.8 Å². The van der Waals surface area contributed by atoms with Gasteiger partial charge < -0.3 is 19.6 Å². The molecule has 0 saturated carbocycles. The van der Waals surface area contributed by atoms with Gasteiger partial charge in [-0.25, -0.2) is 0 Å². The molecular formula is C17H20N2O3. The second-order valence-corrected chi connectivity index (χ2v) is 6.01. The molecule has 0 radical (unpaired) electrons. The van der Waals surface area contributed by atoms with Crippen molar-refractivity contribution in [2.24, 2.45) is 0 Å². The van der Waals surface area contributed by atoms with Gasteiger partial charge in [0.2, 0.25) is 0 Å². The fraction of sp³-hybridized carbons (Fsp3) is 0.412. The lowest BCUT2D eigenvalue weighted by molar-refractivity contribution is 0.157. The summed E-state index contributed by atoms with van der Waals surface area (Å²) in [7, 11) is 3.28. The van der Waals surface area contributed by atoms with Crippen molar-refractivity contribution in [2.45, 2.75) is 25.4 Å². The van der Waals surface area contributed by atoms with Gasteiger partial charge in [0.25, 0.3) is 0 Å². The van der Waals surface area contributed by atoms with Crippen molar-refractivity contribution in [2.75, 3.05) is 20.8 Å². The van der Waals surface area contributed by atoms with Crippen molar-refractivity contribution in [1.82, 2.24) is 9.88 Å². The molecule has 2 aliphatic rings. The molecule has 0 saturated heterocycles. The average Bonchev–Trinajstić information content (AvgIpc) is 2.96. The van der Waals surface area contributed by atoms with E-state index in [0.29, 0.717) is 11.8 Å². The Kier molecular flexibility index (Phi) is 3.04. The predicted molar refractivity (Wildman–Crippen MR) is 82.6 cm³/mol. The number of fused-ring (bicyclic) bond motifs is 4. The van der Waals surface area contributed by atoms with E-state index in [1.54, 1.807) is 14.2 Å². The van der Waals surface area contributed by atoms with E-state index in [2.05, 4.69) is 16.0 Å². The summed E-state index contributed by atoms with van der Waals surface area (Å²) in [5.41, 5.74) is 5.04. The summed E-state index contributed by atoms with van der Waals surface area (Å²) >= 11 is 0. The van der Waals surface area contributed by atoms with Gasteiger partial charge in [-0.1, -0.05) is 0 Å². The van der Waals surface area contributed by atoms with Crippen LogP contribution in [0.1, 0.15) is 28.4 Å². The summed E-state index contributed by atoms with van der Waals surface area (Å²) in [6.07, 6.45) is 1.93. The Bertz CT molecular complexity index is 723. The van der Waals surface area contributed by atoms with Crippen LogP contribution in [0.25, 0.3) is 0 Å². The number of H-pyrrole nitrogens is 1. The van der Waals surface area contributed by atoms with Gasteiger partial charge >= 0.3 is 0 Å².